The number of ether oxygens (including phenoxy) is 1. The Labute approximate surface area is 131 Å². The van der Waals surface area contributed by atoms with Gasteiger partial charge in [-0.15, -0.1) is 0 Å². The lowest BCUT2D eigenvalue weighted by Crippen LogP contribution is -2.07. The number of nitrogens with zero attached hydrogens (tertiary/aromatic N) is 1. The zero-order valence-electron chi connectivity index (χ0n) is 13.6. The standard InChI is InChI=1S/C17H25N3O2/c1-12(2)11-21-16-7-6-14(10-15(16)18)5-4-8-19-17-9-13(3)22-20-17/h6-7,9-10,12H,4-5,8,11,18H2,1-3H3,(H,19,20). The number of anilines is 2. The quantitative estimate of drug-likeness (QED) is 0.575. The van der Waals surface area contributed by atoms with Gasteiger partial charge in [0.15, 0.2) is 5.82 Å². The number of nitrogens with two attached hydrogens (primary N) is 1. The molecule has 3 N–H and O–H groups in total. The summed E-state index contributed by atoms with van der Waals surface area (Å²) in [6.07, 6.45) is 1.95. The average molecular weight is 303 g/mol. The van der Waals surface area contributed by atoms with E-state index in [0.29, 0.717) is 18.2 Å². The molecule has 0 spiro atoms. The number of nitrogen functional groups attached to an aromatic ring is 1. The summed E-state index contributed by atoms with van der Waals surface area (Å²) in [5.41, 5.74) is 7.96. The van der Waals surface area contributed by atoms with E-state index in [1.54, 1.807) is 0 Å². The van der Waals surface area contributed by atoms with Crippen molar-refractivity contribution >= 4 is 11.5 Å². The van der Waals surface area contributed by atoms with Crippen LogP contribution >= 0.6 is 0 Å². The molecular formula is C17H25N3O2. The van der Waals surface area contributed by atoms with Crippen molar-refractivity contribution in [3.05, 3.63) is 35.6 Å². The maximum absolute atomic E-state index is 6.04. The molecule has 0 aliphatic carbocycles. The lowest BCUT2D eigenvalue weighted by Gasteiger charge is -2.12. The molecule has 120 valence electrons. The number of hydrogen-bond donors (Lipinski definition) is 2. The van der Waals surface area contributed by atoms with Crippen molar-refractivity contribution in [3.63, 3.8) is 0 Å². The maximum atomic E-state index is 6.04. The van der Waals surface area contributed by atoms with E-state index >= 15 is 0 Å². The SMILES string of the molecule is Cc1cc(NCCCc2ccc(OCC(C)C)c(N)c2)no1. The van der Waals surface area contributed by atoms with Crippen molar-refractivity contribution in [1.29, 1.82) is 0 Å². The fourth-order valence-corrected chi connectivity index (χ4v) is 2.10. The third kappa shape index (κ3) is 4.98. The molecule has 22 heavy (non-hydrogen) atoms. The average Bonchev–Trinajstić information content (AvgIpc) is 2.88. The highest BCUT2D eigenvalue weighted by Gasteiger charge is 2.04. The molecule has 0 amide bonds. The van der Waals surface area contributed by atoms with Gasteiger partial charge < -0.3 is 20.3 Å². The number of aromatic nitrogens is 1. The van der Waals surface area contributed by atoms with Crippen molar-refractivity contribution in [2.45, 2.75) is 33.6 Å². The van der Waals surface area contributed by atoms with Crippen molar-refractivity contribution in [2.75, 3.05) is 24.2 Å². The molecule has 0 saturated carbocycles. The van der Waals surface area contributed by atoms with E-state index in [-0.39, 0.29) is 0 Å². The molecule has 2 rings (SSSR count). The van der Waals surface area contributed by atoms with Gasteiger partial charge in [0, 0.05) is 12.6 Å². The molecule has 0 aliphatic rings. The van der Waals surface area contributed by atoms with Crippen LogP contribution in [0.25, 0.3) is 0 Å². The summed E-state index contributed by atoms with van der Waals surface area (Å²) >= 11 is 0. The Balaban J connectivity index is 1.77. The van der Waals surface area contributed by atoms with Gasteiger partial charge in [0.2, 0.25) is 0 Å². The fraction of sp³-hybridized carbons (Fsp3) is 0.471. The van der Waals surface area contributed by atoms with Crippen LogP contribution in [0.3, 0.4) is 0 Å². The first-order chi connectivity index (χ1) is 10.5. The number of aryl methyl sites for hydroxylation is 2. The van der Waals surface area contributed by atoms with Gasteiger partial charge in [-0.25, -0.2) is 0 Å². The van der Waals surface area contributed by atoms with E-state index in [4.69, 9.17) is 15.0 Å². The second-order valence-corrected chi connectivity index (χ2v) is 5.93. The Kier molecular flexibility index (Phi) is 5.69. The van der Waals surface area contributed by atoms with Gasteiger partial charge in [0.25, 0.3) is 0 Å². The van der Waals surface area contributed by atoms with Crippen molar-refractivity contribution in [3.8, 4) is 5.75 Å². The second kappa shape index (κ2) is 7.73. The number of hydrogen-bond acceptors (Lipinski definition) is 5. The minimum absolute atomic E-state index is 0.491. The largest absolute Gasteiger partial charge is 0.491 e. The highest BCUT2D eigenvalue weighted by Crippen LogP contribution is 2.23. The molecule has 5 nitrogen and oxygen atoms in total. The van der Waals surface area contributed by atoms with Crippen LogP contribution in [0.5, 0.6) is 5.75 Å². The minimum Gasteiger partial charge on any atom is -0.491 e. The molecule has 0 bridgehead atoms. The monoisotopic (exact) mass is 303 g/mol. The molecule has 0 fully saturated rings. The lowest BCUT2D eigenvalue weighted by atomic mass is 10.1. The highest BCUT2D eigenvalue weighted by atomic mass is 16.5. The van der Waals surface area contributed by atoms with Gasteiger partial charge in [-0.1, -0.05) is 25.1 Å². The molecule has 1 aromatic heterocycles. The summed E-state index contributed by atoms with van der Waals surface area (Å²) in [5, 5.41) is 7.13. The van der Waals surface area contributed by atoms with Crippen LogP contribution in [0.15, 0.2) is 28.8 Å². The molecule has 0 aliphatic heterocycles. The summed E-state index contributed by atoms with van der Waals surface area (Å²) < 4.78 is 10.7. The summed E-state index contributed by atoms with van der Waals surface area (Å²) in [6.45, 7) is 7.65. The van der Waals surface area contributed by atoms with Gasteiger partial charge in [-0.3, -0.25) is 0 Å². The molecule has 1 heterocycles. The van der Waals surface area contributed by atoms with E-state index in [2.05, 4.69) is 30.4 Å². The van der Waals surface area contributed by atoms with Crippen molar-refractivity contribution < 1.29 is 9.26 Å². The van der Waals surface area contributed by atoms with Crippen LogP contribution in [-0.2, 0) is 6.42 Å². The Bertz CT molecular complexity index is 593. The normalized spacial score (nSPS) is 10.9. The van der Waals surface area contributed by atoms with E-state index in [1.807, 2.05) is 25.1 Å². The molecule has 0 atom stereocenters. The van der Waals surface area contributed by atoms with Crippen molar-refractivity contribution in [1.82, 2.24) is 5.16 Å². The van der Waals surface area contributed by atoms with Gasteiger partial charge in [-0.05, 0) is 43.4 Å². The molecule has 0 saturated heterocycles. The smallest absolute Gasteiger partial charge is 0.169 e. The fourth-order valence-electron chi connectivity index (χ4n) is 2.10. The number of benzene rings is 1. The molecular weight excluding hydrogens is 278 g/mol. The first kappa shape index (κ1) is 16.2. The van der Waals surface area contributed by atoms with Crippen LogP contribution in [0.4, 0.5) is 11.5 Å². The minimum atomic E-state index is 0.491. The van der Waals surface area contributed by atoms with Crippen LogP contribution < -0.4 is 15.8 Å². The predicted molar refractivity (Wildman–Crippen MR) is 89.2 cm³/mol. The topological polar surface area (TPSA) is 73.3 Å². The van der Waals surface area contributed by atoms with E-state index in [9.17, 15) is 0 Å². The van der Waals surface area contributed by atoms with Gasteiger partial charge in [0.1, 0.15) is 11.5 Å². The maximum Gasteiger partial charge on any atom is 0.169 e. The number of nitrogens with one attached hydrogen (secondary N) is 1. The third-order valence-electron chi connectivity index (χ3n) is 3.22. The van der Waals surface area contributed by atoms with Gasteiger partial charge >= 0.3 is 0 Å². The van der Waals surface area contributed by atoms with Gasteiger partial charge in [0.05, 0.1) is 12.3 Å². The van der Waals surface area contributed by atoms with Crippen LogP contribution in [0.2, 0.25) is 0 Å². The summed E-state index contributed by atoms with van der Waals surface area (Å²) in [7, 11) is 0. The second-order valence-electron chi connectivity index (χ2n) is 5.93. The van der Waals surface area contributed by atoms with Crippen LogP contribution in [-0.4, -0.2) is 18.3 Å². The first-order valence-corrected chi connectivity index (χ1v) is 7.73. The summed E-state index contributed by atoms with van der Waals surface area (Å²) in [6, 6.07) is 7.92. The Morgan fingerprint density at radius 1 is 1.32 bits per heavy atom. The zero-order valence-corrected chi connectivity index (χ0v) is 13.6. The zero-order chi connectivity index (χ0) is 15.9. The highest BCUT2D eigenvalue weighted by molar-refractivity contribution is 5.54. The summed E-state index contributed by atoms with van der Waals surface area (Å²) in [5.74, 6) is 2.86. The Morgan fingerprint density at radius 3 is 2.77 bits per heavy atom. The predicted octanol–water partition coefficient (Wildman–Crippen LogP) is 3.64. The van der Waals surface area contributed by atoms with E-state index in [0.717, 1.165) is 36.7 Å². The summed E-state index contributed by atoms with van der Waals surface area (Å²) in [4.78, 5) is 0. The molecule has 0 radical (unpaired) electrons. The van der Waals surface area contributed by atoms with E-state index < -0.39 is 0 Å². The van der Waals surface area contributed by atoms with Crippen molar-refractivity contribution in [2.24, 2.45) is 5.92 Å². The molecule has 1 aromatic carbocycles. The molecule has 2 aromatic rings. The molecule has 0 unspecified atom stereocenters. The van der Waals surface area contributed by atoms with Crippen LogP contribution in [0.1, 0.15) is 31.6 Å². The Hall–Kier alpha value is -2.17. The lowest BCUT2D eigenvalue weighted by molar-refractivity contribution is 0.272. The first-order valence-electron chi connectivity index (χ1n) is 7.73. The van der Waals surface area contributed by atoms with Crippen LogP contribution in [0, 0.1) is 12.8 Å². The Morgan fingerprint density at radius 2 is 2.14 bits per heavy atom. The molecule has 5 heteroatoms. The van der Waals surface area contributed by atoms with E-state index in [1.165, 1.54) is 5.56 Å². The number of rotatable bonds is 8. The third-order valence-corrected chi connectivity index (χ3v) is 3.22. The van der Waals surface area contributed by atoms with Gasteiger partial charge in [-0.2, -0.15) is 0 Å².